The summed E-state index contributed by atoms with van der Waals surface area (Å²) in [6, 6.07) is 0.158. The van der Waals surface area contributed by atoms with Crippen molar-refractivity contribution in [3.63, 3.8) is 0 Å². The average molecular weight is 280 g/mol. The summed E-state index contributed by atoms with van der Waals surface area (Å²) in [7, 11) is 0. The first-order valence-electron chi connectivity index (χ1n) is 6.89. The maximum Gasteiger partial charge on any atom is 0.331 e. The van der Waals surface area contributed by atoms with Gasteiger partial charge < -0.3 is 15.3 Å². The Balaban J connectivity index is 2.05. The highest BCUT2D eigenvalue weighted by Crippen LogP contribution is 2.26. The number of rotatable bonds is 2. The number of carbonyl (C=O) groups is 3. The molecule has 0 aromatic rings. The number of nitrogens with one attached hydrogen (secondary N) is 1. The molecule has 2 aliphatic heterocycles. The van der Waals surface area contributed by atoms with E-state index in [1.165, 1.54) is 6.92 Å². The molecule has 0 saturated carbocycles. The van der Waals surface area contributed by atoms with E-state index in [9.17, 15) is 14.4 Å². The smallest absolute Gasteiger partial charge is 0.331 e. The molecule has 2 rings (SSSR count). The topological polar surface area (TPSA) is 86.7 Å². The number of hydrogen-bond acceptors (Lipinski definition) is 3. The molecule has 6 nitrogen and oxygen atoms in total. The minimum atomic E-state index is -1.06. The summed E-state index contributed by atoms with van der Waals surface area (Å²) < 4.78 is 0. The Morgan fingerprint density at radius 2 is 1.95 bits per heavy atom. The van der Waals surface area contributed by atoms with E-state index in [2.05, 4.69) is 5.32 Å². The van der Waals surface area contributed by atoms with Crippen molar-refractivity contribution in [2.24, 2.45) is 5.92 Å². The highest BCUT2D eigenvalue weighted by molar-refractivity contribution is 6.01. The predicted molar refractivity (Wildman–Crippen MR) is 71.9 cm³/mol. The number of carboxylic acid groups (broad SMARTS) is 1. The molecular formula is C14H20N2O4. The highest BCUT2D eigenvalue weighted by Gasteiger charge is 2.35. The molecule has 110 valence electrons. The largest absolute Gasteiger partial charge is 0.478 e. The average Bonchev–Trinajstić information content (AvgIpc) is 2.44. The van der Waals surface area contributed by atoms with Gasteiger partial charge in [-0.1, -0.05) is 0 Å². The lowest BCUT2D eigenvalue weighted by Crippen LogP contribution is -2.55. The van der Waals surface area contributed by atoms with E-state index >= 15 is 0 Å². The van der Waals surface area contributed by atoms with Crippen LogP contribution in [0.3, 0.4) is 0 Å². The lowest BCUT2D eigenvalue weighted by molar-refractivity contribution is -0.135. The van der Waals surface area contributed by atoms with Gasteiger partial charge >= 0.3 is 5.97 Å². The van der Waals surface area contributed by atoms with Gasteiger partial charge in [-0.3, -0.25) is 9.59 Å². The number of aliphatic carboxylic acids is 1. The first-order valence-corrected chi connectivity index (χ1v) is 6.89. The van der Waals surface area contributed by atoms with E-state index in [1.54, 1.807) is 11.8 Å². The van der Waals surface area contributed by atoms with Gasteiger partial charge in [-0.2, -0.15) is 0 Å². The highest BCUT2D eigenvalue weighted by atomic mass is 16.4. The number of carbonyl (C=O) groups excluding carboxylic acids is 2. The van der Waals surface area contributed by atoms with Crippen molar-refractivity contribution in [1.82, 2.24) is 10.2 Å². The van der Waals surface area contributed by atoms with Crippen molar-refractivity contribution in [1.29, 1.82) is 0 Å². The lowest BCUT2D eigenvalue weighted by Gasteiger charge is -2.41. The van der Waals surface area contributed by atoms with Gasteiger partial charge in [0.15, 0.2) is 0 Å². The fourth-order valence-electron chi connectivity index (χ4n) is 2.85. The van der Waals surface area contributed by atoms with Crippen molar-refractivity contribution in [3.8, 4) is 0 Å². The van der Waals surface area contributed by atoms with E-state index < -0.39 is 5.97 Å². The Labute approximate surface area is 117 Å². The Kier molecular flexibility index (Phi) is 4.11. The Hall–Kier alpha value is -1.85. The van der Waals surface area contributed by atoms with Crippen molar-refractivity contribution in [2.45, 2.75) is 39.2 Å². The van der Waals surface area contributed by atoms with Crippen LogP contribution in [-0.2, 0) is 14.4 Å². The minimum Gasteiger partial charge on any atom is -0.478 e. The van der Waals surface area contributed by atoms with E-state index in [4.69, 9.17) is 5.11 Å². The molecule has 0 spiro atoms. The molecule has 0 radical (unpaired) electrons. The van der Waals surface area contributed by atoms with Crippen molar-refractivity contribution < 1.29 is 19.5 Å². The van der Waals surface area contributed by atoms with Crippen molar-refractivity contribution in [2.75, 3.05) is 13.1 Å². The van der Waals surface area contributed by atoms with E-state index in [1.807, 2.05) is 0 Å². The van der Waals surface area contributed by atoms with Crippen LogP contribution >= 0.6 is 0 Å². The Morgan fingerprint density at radius 1 is 1.25 bits per heavy atom. The zero-order chi connectivity index (χ0) is 14.9. The molecule has 2 aliphatic rings. The third-order valence-corrected chi connectivity index (χ3v) is 4.31. The summed E-state index contributed by atoms with van der Waals surface area (Å²) in [5.41, 5.74) is 0.380. The third-order valence-electron chi connectivity index (χ3n) is 4.31. The maximum atomic E-state index is 12.3. The van der Waals surface area contributed by atoms with Crippen molar-refractivity contribution >= 4 is 17.8 Å². The van der Waals surface area contributed by atoms with Crippen LogP contribution in [0.15, 0.2) is 11.1 Å². The summed E-state index contributed by atoms with van der Waals surface area (Å²) in [6.07, 6.45) is 2.04. The second kappa shape index (κ2) is 5.64. The van der Waals surface area contributed by atoms with Crippen LogP contribution in [0, 0.1) is 5.92 Å². The van der Waals surface area contributed by atoms with Gasteiger partial charge in [0.05, 0.1) is 0 Å². The molecule has 2 saturated heterocycles. The SMILES string of the molecule is CC(C(=O)O)=C(C)C(=O)N1CCC2NC(=O)CCC2C1. The summed E-state index contributed by atoms with van der Waals surface area (Å²) in [6.45, 7) is 4.15. The van der Waals surface area contributed by atoms with Crippen LogP contribution in [0.4, 0.5) is 0 Å². The number of piperidine rings is 2. The quantitative estimate of drug-likeness (QED) is 0.723. The molecule has 6 heteroatoms. The van der Waals surface area contributed by atoms with Crippen LogP contribution in [0.1, 0.15) is 33.1 Å². The van der Waals surface area contributed by atoms with Gasteiger partial charge in [0.1, 0.15) is 0 Å². The molecule has 2 heterocycles. The summed E-state index contributed by atoms with van der Waals surface area (Å²) >= 11 is 0. The maximum absolute atomic E-state index is 12.3. The Bertz CT molecular complexity index is 484. The zero-order valence-electron chi connectivity index (χ0n) is 11.8. The van der Waals surface area contributed by atoms with Gasteiger partial charge in [-0.15, -0.1) is 0 Å². The number of fused-ring (bicyclic) bond motifs is 1. The fraction of sp³-hybridized carbons (Fsp3) is 0.643. The fourth-order valence-corrected chi connectivity index (χ4v) is 2.85. The third kappa shape index (κ3) is 2.84. The molecule has 0 aromatic heterocycles. The molecule has 2 amide bonds. The first kappa shape index (κ1) is 14.6. The predicted octanol–water partition coefficient (Wildman–Crippen LogP) is 0.534. The van der Waals surface area contributed by atoms with Crippen LogP contribution in [-0.4, -0.2) is 46.9 Å². The molecule has 20 heavy (non-hydrogen) atoms. The standard InChI is InChI=1S/C14H20N2O4/c1-8(9(2)14(19)20)13(18)16-6-5-11-10(7-16)3-4-12(17)15-11/h10-11H,3-7H2,1-2H3,(H,15,17)(H,19,20). The number of amides is 2. The Morgan fingerprint density at radius 3 is 2.60 bits per heavy atom. The van der Waals surface area contributed by atoms with Crippen LogP contribution in [0.25, 0.3) is 0 Å². The summed E-state index contributed by atoms with van der Waals surface area (Å²) in [4.78, 5) is 36.3. The molecule has 2 atom stereocenters. The number of carboxylic acids is 1. The van der Waals surface area contributed by atoms with Crippen LogP contribution in [0.5, 0.6) is 0 Å². The van der Waals surface area contributed by atoms with E-state index in [-0.39, 0.29) is 34.9 Å². The van der Waals surface area contributed by atoms with Gasteiger partial charge in [0.25, 0.3) is 0 Å². The number of nitrogens with zero attached hydrogens (tertiary/aromatic N) is 1. The van der Waals surface area contributed by atoms with E-state index in [0.717, 1.165) is 12.8 Å². The molecule has 2 fully saturated rings. The monoisotopic (exact) mass is 280 g/mol. The molecule has 0 bridgehead atoms. The van der Waals surface area contributed by atoms with Crippen molar-refractivity contribution in [3.05, 3.63) is 11.1 Å². The molecular weight excluding hydrogens is 260 g/mol. The van der Waals surface area contributed by atoms with Gasteiger partial charge in [-0.25, -0.2) is 4.79 Å². The summed E-state index contributed by atoms with van der Waals surface area (Å²) in [5.74, 6) is -0.900. The van der Waals surface area contributed by atoms with Crippen LogP contribution < -0.4 is 5.32 Å². The first-order chi connectivity index (χ1) is 9.40. The lowest BCUT2D eigenvalue weighted by atomic mass is 9.85. The zero-order valence-corrected chi connectivity index (χ0v) is 11.8. The van der Waals surface area contributed by atoms with Gasteiger partial charge in [0, 0.05) is 36.7 Å². The normalized spacial score (nSPS) is 27.3. The minimum absolute atomic E-state index is 0.0869. The van der Waals surface area contributed by atoms with Gasteiger partial charge in [-0.05, 0) is 32.6 Å². The van der Waals surface area contributed by atoms with Crippen LogP contribution in [0.2, 0.25) is 0 Å². The number of hydrogen-bond donors (Lipinski definition) is 2. The molecule has 0 aromatic carbocycles. The molecule has 2 N–H and O–H groups in total. The second-order valence-corrected chi connectivity index (χ2v) is 5.57. The van der Waals surface area contributed by atoms with Gasteiger partial charge in [0.2, 0.25) is 11.8 Å². The second-order valence-electron chi connectivity index (χ2n) is 5.57. The molecule has 2 unspecified atom stereocenters. The molecule has 0 aliphatic carbocycles. The van der Waals surface area contributed by atoms with E-state index in [0.29, 0.717) is 19.5 Å². The summed E-state index contributed by atoms with van der Waals surface area (Å²) in [5, 5.41) is 11.9. The number of likely N-dealkylation sites (tertiary alicyclic amines) is 1.